The molecule has 0 spiro atoms. The number of anilines is 1. The molecule has 1 atom stereocenters. The van der Waals surface area contributed by atoms with Crippen LogP contribution in [0.25, 0.3) is 0 Å². The van der Waals surface area contributed by atoms with E-state index in [1.165, 1.54) is 0 Å². The zero-order valence-electron chi connectivity index (χ0n) is 12.2. The summed E-state index contributed by atoms with van der Waals surface area (Å²) in [6.07, 6.45) is 2.97. The summed E-state index contributed by atoms with van der Waals surface area (Å²) in [6, 6.07) is 3.89. The van der Waals surface area contributed by atoms with Crippen molar-refractivity contribution in [2.45, 2.75) is 32.8 Å². The molecular weight excluding hydrogens is 254 g/mol. The number of aliphatic hydroxyl groups excluding tert-OH is 1. The lowest BCUT2D eigenvalue weighted by atomic mass is 10.2. The molecule has 0 aromatic carbocycles. The van der Waals surface area contributed by atoms with E-state index < -0.39 is 6.10 Å². The van der Waals surface area contributed by atoms with Crippen LogP contribution in [0, 0.1) is 0 Å². The van der Waals surface area contributed by atoms with Gasteiger partial charge in [0.05, 0.1) is 23.7 Å². The maximum atomic E-state index is 11.4. The Morgan fingerprint density at radius 2 is 2.15 bits per heavy atom. The van der Waals surface area contributed by atoms with Gasteiger partial charge in [-0.25, -0.2) is 0 Å². The first-order chi connectivity index (χ1) is 9.61. The van der Waals surface area contributed by atoms with Gasteiger partial charge >= 0.3 is 0 Å². The average molecular weight is 277 g/mol. The van der Waals surface area contributed by atoms with Crippen LogP contribution in [0.1, 0.15) is 38.5 Å². The summed E-state index contributed by atoms with van der Waals surface area (Å²) >= 11 is 0. The van der Waals surface area contributed by atoms with Crippen molar-refractivity contribution in [3.8, 4) is 0 Å². The quantitative estimate of drug-likeness (QED) is 0.911. The molecule has 1 fully saturated rings. The summed E-state index contributed by atoms with van der Waals surface area (Å²) in [5.74, 6) is 0.145. The molecule has 0 bridgehead atoms. The van der Waals surface area contributed by atoms with Crippen molar-refractivity contribution >= 4 is 11.6 Å². The highest BCUT2D eigenvalue weighted by atomic mass is 16.3. The molecular formula is C15H23N3O2. The van der Waals surface area contributed by atoms with E-state index >= 15 is 0 Å². The van der Waals surface area contributed by atoms with E-state index in [1.807, 2.05) is 30.2 Å². The van der Waals surface area contributed by atoms with Crippen LogP contribution in [0.2, 0.25) is 0 Å². The van der Waals surface area contributed by atoms with E-state index in [0.717, 1.165) is 44.0 Å². The normalized spacial score (nSPS) is 17.8. The number of aliphatic hydroxyl groups is 1. The number of carbonyl (C=O) groups excluding carboxylic acids is 1. The predicted molar refractivity (Wildman–Crippen MR) is 78.6 cm³/mol. The molecule has 1 saturated heterocycles. The molecule has 1 aromatic rings. The molecule has 0 radical (unpaired) electrons. The number of aromatic nitrogens is 1. The summed E-state index contributed by atoms with van der Waals surface area (Å²) in [6.45, 7) is 6.90. The molecule has 2 heterocycles. The van der Waals surface area contributed by atoms with Crippen molar-refractivity contribution in [3.05, 3.63) is 24.0 Å². The minimum Gasteiger partial charge on any atom is -0.387 e. The summed E-state index contributed by atoms with van der Waals surface area (Å²) in [4.78, 5) is 19.9. The minimum absolute atomic E-state index is 0.145. The van der Waals surface area contributed by atoms with E-state index in [-0.39, 0.29) is 5.91 Å². The molecule has 1 N–H and O–H groups in total. The second kappa shape index (κ2) is 6.70. The Bertz CT molecular complexity index is 447. The third-order valence-corrected chi connectivity index (χ3v) is 3.81. The van der Waals surface area contributed by atoms with Gasteiger partial charge in [-0.2, -0.15) is 0 Å². The van der Waals surface area contributed by atoms with Crippen molar-refractivity contribution in [2.24, 2.45) is 0 Å². The van der Waals surface area contributed by atoms with Gasteiger partial charge in [0.25, 0.3) is 0 Å². The van der Waals surface area contributed by atoms with Gasteiger partial charge in [-0.15, -0.1) is 0 Å². The molecule has 0 unspecified atom stereocenters. The molecule has 0 aliphatic carbocycles. The largest absolute Gasteiger partial charge is 0.387 e. The Kier molecular flexibility index (Phi) is 4.95. The molecule has 2 rings (SSSR count). The summed E-state index contributed by atoms with van der Waals surface area (Å²) in [5, 5.41) is 9.75. The number of nitrogens with zero attached hydrogens (tertiary/aromatic N) is 3. The van der Waals surface area contributed by atoms with Gasteiger partial charge in [0, 0.05) is 33.1 Å². The molecule has 110 valence electrons. The number of amides is 1. The van der Waals surface area contributed by atoms with E-state index in [4.69, 9.17) is 0 Å². The zero-order valence-corrected chi connectivity index (χ0v) is 12.2. The van der Waals surface area contributed by atoms with E-state index in [0.29, 0.717) is 6.42 Å². The first-order valence-corrected chi connectivity index (χ1v) is 7.26. The number of pyridine rings is 1. The van der Waals surface area contributed by atoms with Crippen molar-refractivity contribution in [2.75, 3.05) is 31.1 Å². The third-order valence-electron chi connectivity index (χ3n) is 3.81. The highest BCUT2D eigenvalue weighted by Gasteiger charge is 2.17. The van der Waals surface area contributed by atoms with Crippen molar-refractivity contribution < 1.29 is 9.90 Å². The monoisotopic (exact) mass is 277 g/mol. The van der Waals surface area contributed by atoms with Crippen LogP contribution in [0.5, 0.6) is 0 Å². The third kappa shape index (κ3) is 3.48. The predicted octanol–water partition coefficient (Wildman–Crippen LogP) is 1.58. The molecule has 1 amide bonds. The molecule has 20 heavy (non-hydrogen) atoms. The Hall–Kier alpha value is -1.62. The van der Waals surface area contributed by atoms with Gasteiger partial charge in [-0.1, -0.05) is 6.92 Å². The summed E-state index contributed by atoms with van der Waals surface area (Å²) in [7, 11) is 0. The highest BCUT2D eigenvalue weighted by Crippen LogP contribution is 2.19. The topological polar surface area (TPSA) is 56.7 Å². The maximum absolute atomic E-state index is 11.4. The van der Waals surface area contributed by atoms with Gasteiger partial charge in [0.15, 0.2) is 0 Å². The second-order valence-corrected chi connectivity index (χ2v) is 5.21. The smallest absolute Gasteiger partial charge is 0.219 e. The van der Waals surface area contributed by atoms with E-state index in [1.54, 1.807) is 6.92 Å². The summed E-state index contributed by atoms with van der Waals surface area (Å²) < 4.78 is 0. The highest BCUT2D eigenvalue weighted by molar-refractivity contribution is 5.73. The number of rotatable bonds is 3. The number of hydrogen-bond acceptors (Lipinski definition) is 4. The molecule has 0 saturated carbocycles. The van der Waals surface area contributed by atoms with Crippen molar-refractivity contribution in [3.63, 3.8) is 0 Å². The lowest BCUT2D eigenvalue weighted by Gasteiger charge is -2.23. The first-order valence-electron chi connectivity index (χ1n) is 7.26. The average Bonchev–Trinajstić information content (AvgIpc) is 2.72. The Morgan fingerprint density at radius 1 is 1.35 bits per heavy atom. The first kappa shape index (κ1) is 14.8. The van der Waals surface area contributed by atoms with Gasteiger partial charge in [-0.05, 0) is 25.0 Å². The van der Waals surface area contributed by atoms with Crippen LogP contribution in [0.4, 0.5) is 5.69 Å². The lowest BCUT2D eigenvalue weighted by Crippen LogP contribution is -2.33. The minimum atomic E-state index is -0.485. The van der Waals surface area contributed by atoms with E-state index in [2.05, 4.69) is 9.88 Å². The van der Waals surface area contributed by atoms with Crippen LogP contribution >= 0.6 is 0 Å². The van der Waals surface area contributed by atoms with Crippen molar-refractivity contribution in [1.29, 1.82) is 0 Å². The SMILES string of the molecule is CC[C@H](O)c1ccc(N2CCCN(C(C)=O)CC2)cn1. The van der Waals surface area contributed by atoms with E-state index in [9.17, 15) is 9.90 Å². The molecule has 1 aliphatic heterocycles. The number of carbonyl (C=O) groups is 1. The lowest BCUT2D eigenvalue weighted by molar-refractivity contribution is -0.128. The number of hydrogen-bond donors (Lipinski definition) is 1. The molecule has 5 nitrogen and oxygen atoms in total. The fourth-order valence-corrected chi connectivity index (χ4v) is 2.48. The standard InChI is InChI=1S/C15H23N3O2/c1-3-15(20)14-6-5-13(11-16-14)18-8-4-7-17(9-10-18)12(2)19/h5-6,11,15,20H,3-4,7-10H2,1-2H3/t15-/m0/s1. The van der Waals surface area contributed by atoms with Crippen LogP contribution < -0.4 is 4.90 Å². The second-order valence-electron chi connectivity index (χ2n) is 5.21. The Morgan fingerprint density at radius 3 is 2.75 bits per heavy atom. The Balaban J connectivity index is 2.02. The van der Waals surface area contributed by atoms with Crippen LogP contribution in [-0.4, -0.2) is 47.1 Å². The van der Waals surface area contributed by atoms with Crippen molar-refractivity contribution in [1.82, 2.24) is 9.88 Å². The van der Waals surface area contributed by atoms with Crippen LogP contribution in [0.15, 0.2) is 18.3 Å². The van der Waals surface area contributed by atoms with Gasteiger partial charge in [0.1, 0.15) is 0 Å². The molecule has 1 aromatic heterocycles. The van der Waals surface area contributed by atoms with Gasteiger partial charge < -0.3 is 14.9 Å². The van der Waals surface area contributed by atoms with Crippen LogP contribution in [0.3, 0.4) is 0 Å². The fraction of sp³-hybridized carbons (Fsp3) is 0.600. The summed E-state index contributed by atoms with van der Waals surface area (Å²) in [5.41, 5.74) is 1.78. The zero-order chi connectivity index (χ0) is 14.5. The molecule has 1 aliphatic rings. The maximum Gasteiger partial charge on any atom is 0.219 e. The van der Waals surface area contributed by atoms with Gasteiger partial charge in [-0.3, -0.25) is 9.78 Å². The Labute approximate surface area is 120 Å². The van der Waals surface area contributed by atoms with Gasteiger partial charge in [0.2, 0.25) is 5.91 Å². The van der Waals surface area contributed by atoms with Crippen LogP contribution in [-0.2, 0) is 4.79 Å². The molecule has 5 heteroatoms. The fourth-order valence-electron chi connectivity index (χ4n) is 2.48.